The van der Waals surface area contributed by atoms with Gasteiger partial charge in [0.2, 0.25) is 10.0 Å². The second-order valence-corrected chi connectivity index (χ2v) is 11.3. The zero-order valence-electron chi connectivity index (χ0n) is 18.8. The zero-order valence-corrected chi connectivity index (χ0v) is 20.5. The van der Waals surface area contributed by atoms with Crippen LogP contribution in [0.4, 0.5) is 5.69 Å². The number of hydrogen-bond donors (Lipinski definition) is 2. The molecule has 182 valence electrons. The van der Waals surface area contributed by atoms with Gasteiger partial charge in [-0.1, -0.05) is 54.1 Å². The van der Waals surface area contributed by atoms with Crippen LogP contribution >= 0.6 is 0 Å². The van der Waals surface area contributed by atoms with Crippen LogP contribution in [0, 0.1) is 6.92 Å². The van der Waals surface area contributed by atoms with Gasteiger partial charge in [0.1, 0.15) is 12.4 Å². The molecule has 3 rings (SSSR count). The summed E-state index contributed by atoms with van der Waals surface area (Å²) in [6, 6.07) is 20.4. The molecular formula is C24H27NO7S2. The molecule has 2 N–H and O–H groups in total. The van der Waals surface area contributed by atoms with Gasteiger partial charge in [0, 0.05) is 6.42 Å². The minimum atomic E-state index is -4.01. The largest absolute Gasteiger partial charge is 0.487 e. The molecular weight excluding hydrogens is 478 g/mol. The molecule has 0 aliphatic carbocycles. The first kappa shape index (κ1) is 25.7. The second-order valence-electron chi connectivity index (χ2n) is 7.89. The summed E-state index contributed by atoms with van der Waals surface area (Å²) in [5.74, 6) is 0.325. The number of sulfonamides is 1. The highest BCUT2D eigenvalue weighted by molar-refractivity contribution is 7.92. The minimum Gasteiger partial charge on any atom is -0.487 e. The maximum Gasteiger partial charge on any atom is 0.297 e. The number of nitrogens with one attached hydrogen (secondary N) is 1. The summed E-state index contributed by atoms with van der Waals surface area (Å²) in [4.78, 5) is 0.00450. The fourth-order valence-electron chi connectivity index (χ4n) is 3.12. The average molecular weight is 506 g/mol. The maximum absolute atomic E-state index is 12.3. The van der Waals surface area contributed by atoms with Crippen LogP contribution in [-0.2, 0) is 37.4 Å². The Kier molecular flexibility index (Phi) is 8.32. The third-order valence-corrected chi connectivity index (χ3v) is 6.66. The number of benzene rings is 3. The van der Waals surface area contributed by atoms with Gasteiger partial charge in [0.15, 0.2) is 0 Å². The van der Waals surface area contributed by atoms with E-state index in [1.54, 1.807) is 30.3 Å². The quantitative estimate of drug-likeness (QED) is 0.384. The van der Waals surface area contributed by atoms with Crippen molar-refractivity contribution in [1.82, 2.24) is 0 Å². The summed E-state index contributed by atoms with van der Waals surface area (Å²) in [5, 5.41) is 10.3. The molecule has 0 spiro atoms. The number of rotatable bonds is 11. The molecule has 0 amide bonds. The highest BCUT2D eigenvalue weighted by atomic mass is 32.2. The van der Waals surface area contributed by atoms with Gasteiger partial charge in [-0.2, -0.15) is 8.42 Å². The molecule has 0 saturated heterocycles. The summed E-state index contributed by atoms with van der Waals surface area (Å²) in [6.07, 6.45) is -0.0671. The Hall–Kier alpha value is -2.92. The third-order valence-electron chi connectivity index (χ3n) is 4.77. The predicted molar refractivity (Wildman–Crippen MR) is 130 cm³/mol. The Morgan fingerprint density at radius 3 is 2.24 bits per heavy atom. The van der Waals surface area contributed by atoms with Crippen LogP contribution in [0.5, 0.6) is 5.75 Å². The molecule has 0 aliphatic heterocycles. The lowest BCUT2D eigenvalue weighted by Gasteiger charge is -2.16. The van der Waals surface area contributed by atoms with Crippen molar-refractivity contribution < 1.29 is 30.9 Å². The summed E-state index contributed by atoms with van der Waals surface area (Å²) < 4.78 is 61.5. The van der Waals surface area contributed by atoms with Gasteiger partial charge in [-0.25, -0.2) is 8.42 Å². The first-order valence-corrected chi connectivity index (χ1v) is 13.7. The van der Waals surface area contributed by atoms with E-state index < -0.39 is 32.9 Å². The average Bonchev–Trinajstić information content (AvgIpc) is 2.77. The molecule has 8 nitrogen and oxygen atoms in total. The fourth-order valence-corrected chi connectivity index (χ4v) is 4.62. The van der Waals surface area contributed by atoms with E-state index >= 15 is 0 Å². The Balaban J connectivity index is 1.68. The Bertz CT molecular complexity index is 1310. The predicted octanol–water partition coefficient (Wildman–Crippen LogP) is 3.25. The number of anilines is 1. The van der Waals surface area contributed by atoms with Crippen molar-refractivity contribution in [2.75, 3.05) is 17.6 Å². The van der Waals surface area contributed by atoms with Crippen molar-refractivity contribution in [2.45, 2.75) is 31.0 Å². The summed E-state index contributed by atoms with van der Waals surface area (Å²) >= 11 is 0. The first-order chi connectivity index (χ1) is 16.0. The van der Waals surface area contributed by atoms with Gasteiger partial charge in [-0.05, 0) is 42.3 Å². The summed E-state index contributed by atoms with van der Waals surface area (Å²) in [7, 11) is -7.60. The molecule has 3 aromatic carbocycles. The smallest absolute Gasteiger partial charge is 0.297 e. The van der Waals surface area contributed by atoms with Gasteiger partial charge in [-0.3, -0.25) is 8.91 Å². The van der Waals surface area contributed by atoms with Gasteiger partial charge in [0.25, 0.3) is 10.1 Å². The molecule has 0 aromatic heterocycles. The van der Waals surface area contributed by atoms with Crippen molar-refractivity contribution in [3.05, 3.63) is 89.5 Å². The molecule has 0 aliphatic rings. The van der Waals surface area contributed by atoms with Crippen molar-refractivity contribution in [1.29, 1.82) is 0 Å². The van der Waals surface area contributed by atoms with Crippen molar-refractivity contribution in [2.24, 2.45) is 0 Å². The number of hydrogen-bond acceptors (Lipinski definition) is 7. The first-order valence-electron chi connectivity index (χ1n) is 10.4. The zero-order chi connectivity index (χ0) is 24.8. The molecule has 3 aromatic rings. The van der Waals surface area contributed by atoms with E-state index in [2.05, 4.69) is 4.72 Å². The molecule has 0 heterocycles. The Morgan fingerprint density at radius 2 is 1.59 bits per heavy atom. The van der Waals surface area contributed by atoms with Crippen LogP contribution in [0.15, 0.2) is 77.7 Å². The Labute approximate surface area is 200 Å². The van der Waals surface area contributed by atoms with Gasteiger partial charge in [-0.15, -0.1) is 0 Å². The van der Waals surface area contributed by atoms with Crippen LogP contribution in [0.25, 0.3) is 0 Å². The molecule has 0 saturated carbocycles. The van der Waals surface area contributed by atoms with E-state index in [9.17, 15) is 21.9 Å². The summed E-state index contributed by atoms with van der Waals surface area (Å²) in [6.45, 7) is 1.63. The molecule has 1 atom stereocenters. The monoisotopic (exact) mass is 505 g/mol. The topological polar surface area (TPSA) is 119 Å². The minimum absolute atomic E-state index is 0.00450. The lowest BCUT2D eigenvalue weighted by Crippen LogP contribution is -2.21. The van der Waals surface area contributed by atoms with E-state index in [0.29, 0.717) is 11.3 Å². The Morgan fingerprint density at radius 1 is 0.912 bits per heavy atom. The number of ether oxygens (including phenoxy) is 1. The van der Waals surface area contributed by atoms with E-state index in [4.69, 9.17) is 8.92 Å². The lowest BCUT2D eigenvalue weighted by molar-refractivity contribution is 0.111. The standard InChI is InChI=1S/C24H27NO7S2/c1-18-8-11-22(12-9-18)34(29,30)32-17-21(26)14-20-10-13-24(23(15-20)25-33(2,27)28)31-16-19-6-4-3-5-7-19/h3-13,15,21,25-26H,14,16-17H2,1-2H3/t21-/m0/s1. The maximum atomic E-state index is 12.3. The molecule has 0 radical (unpaired) electrons. The highest BCUT2D eigenvalue weighted by Crippen LogP contribution is 2.28. The molecule has 10 heteroatoms. The number of aliphatic hydroxyl groups excluding tert-OH is 1. The molecule has 0 bridgehead atoms. The van der Waals surface area contributed by atoms with Crippen molar-refractivity contribution in [3.8, 4) is 5.75 Å². The normalized spacial score (nSPS) is 12.8. The van der Waals surface area contributed by atoms with Crippen molar-refractivity contribution >= 4 is 25.8 Å². The third kappa shape index (κ3) is 7.84. The summed E-state index contributed by atoms with van der Waals surface area (Å²) in [5.41, 5.74) is 2.62. The van der Waals surface area contributed by atoms with Crippen LogP contribution in [0.3, 0.4) is 0 Å². The second kappa shape index (κ2) is 11.0. The van der Waals surface area contributed by atoms with Crippen molar-refractivity contribution in [3.63, 3.8) is 0 Å². The van der Waals surface area contributed by atoms with Gasteiger partial charge >= 0.3 is 0 Å². The van der Waals surface area contributed by atoms with E-state index in [-0.39, 0.29) is 23.6 Å². The number of aliphatic hydroxyl groups is 1. The van der Waals surface area contributed by atoms with Crippen LogP contribution < -0.4 is 9.46 Å². The van der Waals surface area contributed by atoms with E-state index in [1.807, 2.05) is 37.3 Å². The molecule has 34 heavy (non-hydrogen) atoms. The SMILES string of the molecule is Cc1ccc(S(=O)(=O)OC[C@@H](O)Cc2ccc(OCc3ccccc3)c(NS(C)(=O)=O)c2)cc1. The van der Waals surface area contributed by atoms with Gasteiger partial charge < -0.3 is 9.84 Å². The molecule has 0 unspecified atom stereocenters. The van der Waals surface area contributed by atoms with Gasteiger partial charge in [0.05, 0.1) is 29.5 Å². The van der Waals surface area contributed by atoms with Crippen LogP contribution in [-0.4, -0.2) is 40.9 Å². The fraction of sp³-hybridized carbons (Fsp3) is 0.250. The number of aryl methyl sites for hydroxylation is 1. The lowest BCUT2D eigenvalue weighted by atomic mass is 10.1. The van der Waals surface area contributed by atoms with E-state index in [0.717, 1.165) is 17.4 Å². The highest BCUT2D eigenvalue weighted by Gasteiger charge is 2.18. The van der Waals surface area contributed by atoms with Crippen LogP contribution in [0.2, 0.25) is 0 Å². The van der Waals surface area contributed by atoms with Crippen LogP contribution in [0.1, 0.15) is 16.7 Å². The van der Waals surface area contributed by atoms with E-state index in [1.165, 1.54) is 12.1 Å². The molecule has 0 fully saturated rings.